The maximum atomic E-state index is 13.1. The van der Waals surface area contributed by atoms with Crippen molar-refractivity contribution < 1.29 is 14.1 Å². The van der Waals surface area contributed by atoms with Gasteiger partial charge in [0, 0.05) is 45.3 Å². The Kier molecular flexibility index (Phi) is 6.99. The number of rotatable bonds is 6. The van der Waals surface area contributed by atoms with Gasteiger partial charge in [-0.25, -0.2) is 0 Å². The van der Waals surface area contributed by atoms with E-state index in [0.717, 1.165) is 32.5 Å². The molecule has 1 N–H and O–H groups in total. The minimum Gasteiger partial charge on any atom is -0.360 e. The molecule has 0 aliphatic carbocycles. The van der Waals surface area contributed by atoms with Crippen LogP contribution in [0, 0.1) is 12.8 Å². The normalized spacial score (nSPS) is 20.5. The summed E-state index contributed by atoms with van der Waals surface area (Å²) >= 11 is 0. The van der Waals surface area contributed by atoms with Crippen LogP contribution in [0.5, 0.6) is 0 Å². The Bertz CT molecular complexity index is 876. The van der Waals surface area contributed by atoms with Crippen LogP contribution >= 0.6 is 0 Å². The van der Waals surface area contributed by atoms with Crippen molar-refractivity contribution in [2.75, 3.05) is 51.1 Å². The number of aromatic nitrogens is 1. The van der Waals surface area contributed by atoms with Crippen molar-refractivity contribution in [1.82, 2.24) is 19.9 Å². The largest absolute Gasteiger partial charge is 0.360 e. The van der Waals surface area contributed by atoms with Crippen LogP contribution in [0.1, 0.15) is 24.2 Å². The summed E-state index contributed by atoms with van der Waals surface area (Å²) in [4.78, 5) is 31.8. The van der Waals surface area contributed by atoms with Crippen molar-refractivity contribution in [2.45, 2.75) is 26.3 Å². The number of nitrogens with one attached hydrogen (secondary N) is 1. The number of anilines is 1. The molecule has 1 aromatic heterocycles. The highest BCUT2D eigenvalue weighted by molar-refractivity contribution is 5.91. The van der Waals surface area contributed by atoms with Crippen LogP contribution in [-0.2, 0) is 16.1 Å². The highest BCUT2D eigenvalue weighted by Gasteiger charge is 2.31. The molecule has 0 saturated carbocycles. The molecule has 2 aliphatic heterocycles. The molecule has 1 unspecified atom stereocenters. The Morgan fingerprint density at radius 3 is 2.58 bits per heavy atom. The number of piperazine rings is 1. The molecular formula is C23H31N5O3. The van der Waals surface area contributed by atoms with Crippen molar-refractivity contribution in [1.29, 1.82) is 0 Å². The lowest BCUT2D eigenvalue weighted by molar-refractivity contribution is -0.139. The van der Waals surface area contributed by atoms with Crippen LogP contribution in [-0.4, -0.2) is 77.5 Å². The van der Waals surface area contributed by atoms with Gasteiger partial charge in [-0.2, -0.15) is 0 Å². The number of hydrogen-bond acceptors (Lipinski definition) is 6. The third-order valence-electron chi connectivity index (χ3n) is 6.05. The van der Waals surface area contributed by atoms with E-state index in [9.17, 15) is 9.59 Å². The highest BCUT2D eigenvalue weighted by Crippen LogP contribution is 2.21. The smallest absolute Gasteiger partial charge is 0.239 e. The fraction of sp³-hybridized carbons (Fsp3) is 0.522. The zero-order chi connectivity index (χ0) is 21.6. The van der Waals surface area contributed by atoms with Gasteiger partial charge >= 0.3 is 0 Å². The molecule has 166 valence electrons. The molecule has 0 radical (unpaired) electrons. The van der Waals surface area contributed by atoms with Crippen molar-refractivity contribution in [3.63, 3.8) is 0 Å². The summed E-state index contributed by atoms with van der Waals surface area (Å²) in [6, 6.07) is 12.1. The topological polar surface area (TPSA) is 81.9 Å². The van der Waals surface area contributed by atoms with E-state index in [-0.39, 0.29) is 17.7 Å². The molecule has 1 atom stereocenters. The Morgan fingerprint density at radius 1 is 1.10 bits per heavy atom. The fourth-order valence-corrected chi connectivity index (χ4v) is 4.44. The molecule has 31 heavy (non-hydrogen) atoms. The molecule has 1 aromatic carbocycles. The van der Waals surface area contributed by atoms with Crippen molar-refractivity contribution >= 4 is 17.6 Å². The van der Waals surface area contributed by atoms with Crippen LogP contribution < -0.4 is 5.32 Å². The van der Waals surface area contributed by atoms with Crippen molar-refractivity contribution in [2.24, 2.45) is 5.92 Å². The number of nitrogens with zero attached hydrogens (tertiary/aromatic N) is 4. The summed E-state index contributed by atoms with van der Waals surface area (Å²) in [5, 5.41) is 6.53. The van der Waals surface area contributed by atoms with Gasteiger partial charge in [-0.05, 0) is 31.9 Å². The van der Waals surface area contributed by atoms with Gasteiger partial charge < -0.3 is 14.7 Å². The number of likely N-dealkylation sites (tertiary alicyclic amines) is 1. The first-order valence-electron chi connectivity index (χ1n) is 11.1. The molecule has 2 fully saturated rings. The Hall–Kier alpha value is -2.71. The predicted octanol–water partition coefficient (Wildman–Crippen LogP) is 1.98. The summed E-state index contributed by atoms with van der Waals surface area (Å²) in [6.45, 7) is 7.61. The Labute approximate surface area is 183 Å². The molecule has 2 amide bonds. The maximum Gasteiger partial charge on any atom is 0.239 e. The quantitative estimate of drug-likeness (QED) is 0.762. The predicted molar refractivity (Wildman–Crippen MR) is 117 cm³/mol. The van der Waals surface area contributed by atoms with E-state index < -0.39 is 0 Å². The van der Waals surface area contributed by atoms with E-state index >= 15 is 0 Å². The molecule has 2 aliphatic rings. The van der Waals surface area contributed by atoms with E-state index in [0.29, 0.717) is 44.3 Å². The van der Waals surface area contributed by atoms with Crippen LogP contribution in [0.15, 0.2) is 40.9 Å². The van der Waals surface area contributed by atoms with Crippen LogP contribution in [0.2, 0.25) is 0 Å². The molecule has 4 rings (SSSR count). The molecule has 3 heterocycles. The first kappa shape index (κ1) is 21.5. The molecule has 2 saturated heterocycles. The van der Waals surface area contributed by atoms with Crippen LogP contribution in [0.25, 0.3) is 0 Å². The first-order chi connectivity index (χ1) is 15.1. The average molecular weight is 426 g/mol. The lowest BCUT2D eigenvalue weighted by Gasteiger charge is -2.38. The van der Waals surface area contributed by atoms with Gasteiger partial charge in [-0.15, -0.1) is 0 Å². The summed E-state index contributed by atoms with van der Waals surface area (Å²) in [6.07, 6.45) is 2.02. The Balaban J connectivity index is 1.21. The first-order valence-corrected chi connectivity index (χ1v) is 11.1. The van der Waals surface area contributed by atoms with Gasteiger partial charge in [0.1, 0.15) is 5.76 Å². The minimum absolute atomic E-state index is 0.0720. The molecule has 0 spiro atoms. The second-order valence-electron chi connectivity index (χ2n) is 8.53. The summed E-state index contributed by atoms with van der Waals surface area (Å²) < 4.78 is 4.97. The van der Waals surface area contributed by atoms with Crippen molar-refractivity contribution in [3.8, 4) is 0 Å². The highest BCUT2D eigenvalue weighted by atomic mass is 16.5. The van der Waals surface area contributed by atoms with Gasteiger partial charge in [-0.1, -0.05) is 35.5 Å². The zero-order valence-electron chi connectivity index (χ0n) is 18.1. The second kappa shape index (κ2) is 10.1. The maximum absolute atomic E-state index is 13.1. The Morgan fingerprint density at radius 2 is 1.87 bits per heavy atom. The average Bonchev–Trinajstić information content (AvgIpc) is 3.19. The number of carbonyl (C=O) groups excluding carboxylic acids is 2. The number of aryl methyl sites for hydroxylation is 1. The van der Waals surface area contributed by atoms with E-state index in [2.05, 4.69) is 44.5 Å². The van der Waals surface area contributed by atoms with Gasteiger partial charge in [0.2, 0.25) is 11.8 Å². The molecule has 8 heteroatoms. The lowest BCUT2D eigenvalue weighted by Crippen LogP contribution is -2.53. The van der Waals surface area contributed by atoms with Crippen LogP contribution in [0.3, 0.4) is 0 Å². The van der Waals surface area contributed by atoms with E-state index in [1.807, 2.05) is 11.0 Å². The number of carbonyl (C=O) groups is 2. The minimum atomic E-state index is -0.114. The SMILES string of the molecule is Cc1cc(NC(=O)CN2CCN(C(=O)C3CCCN(Cc4ccccc4)C3)CC2)no1. The van der Waals surface area contributed by atoms with Gasteiger partial charge in [-0.3, -0.25) is 19.4 Å². The second-order valence-corrected chi connectivity index (χ2v) is 8.53. The molecule has 0 bridgehead atoms. The van der Waals surface area contributed by atoms with Gasteiger partial charge in [0.25, 0.3) is 0 Å². The number of piperidine rings is 1. The van der Waals surface area contributed by atoms with Crippen molar-refractivity contribution in [3.05, 3.63) is 47.7 Å². The zero-order valence-corrected chi connectivity index (χ0v) is 18.1. The number of hydrogen-bond donors (Lipinski definition) is 1. The van der Waals surface area contributed by atoms with Crippen LogP contribution in [0.4, 0.5) is 5.82 Å². The van der Waals surface area contributed by atoms with Gasteiger partial charge in [0.05, 0.1) is 12.5 Å². The van der Waals surface area contributed by atoms with Gasteiger partial charge in [0.15, 0.2) is 5.82 Å². The molecule has 2 aromatic rings. The van der Waals surface area contributed by atoms with E-state index in [4.69, 9.17) is 4.52 Å². The third kappa shape index (κ3) is 5.92. The standard InChI is InChI=1S/C23H31N5O3/c1-18-14-21(25-31-18)24-22(29)17-26-10-12-28(13-11-26)23(30)20-8-5-9-27(16-20)15-19-6-3-2-4-7-19/h2-4,6-7,14,20H,5,8-13,15-17H2,1H3,(H,24,25,29). The summed E-state index contributed by atoms with van der Waals surface area (Å²) in [5.41, 5.74) is 1.29. The summed E-state index contributed by atoms with van der Waals surface area (Å²) in [5.74, 6) is 1.32. The fourth-order valence-electron chi connectivity index (χ4n) is 4.44. The third-order valence-corrected chi connectivity index (χ3v) is 6.05. The number of benzene rings is 1. The molecule has 8 nitrogen and oxygen atoms in total. The monoisotopic (exact) mass is 425 g/mol. The van der Waals surface area contributed by atoms with E-state index in [1.165, 1.54) is 5.56 Å². The number of amides is 2. The summed E-state index contributed by atoms with van der Waals surface area (Å²) in [7, 11) is 0. The van der Waals surface area contributed by atoms with E-state index in [1.54, 1.807) is 13.0 Å². The lowest BCUT2D eigenvalue weighted by atomic mass is 9.95. The molecular weight excluding hydrogens is 394 g/mol.